The lowest BCUT2D eigenvalue weighted by atomic mass is 9.90. The summed E-state index contributed by atoms with van der Waals surface area (Å²) in [4.78, 5) is 30.3. The average molecular weight is 342 g/mol. The monoisotopic (exact) mass is 342 g/mol. The van der Waals surface area contributed by atoms with E-state index in [0.717, 1.165) is 17.8 Å². The molecular weight excluding hydrogens is 320 g/mol. The Hall–Kier alpha value is -2.76. The number of pyridine rings is 2. The summed E-state index contributed by atoms with van der Waals surface area (Å²) in [6, 6.07) is 10.1. The summed E-state index contributed by atoms with van der Waals surface area (Å²) in [5.74, 6) is -1.39. The average Bonchev–Trinajstić information content (AvgIpc) is 2.54. The Balaban J connectivity index is 1.92. The number of carboxylic acids is 2. The fraction of sp³-hybridized carbons (Fsp3) is 0.368. The summed E-state index contributed by atoms with van der Waals surface area (Å²) in [6.07, 6.45) is 2.32. The first-order valence-electron chi connectivity index (χ1n) is 8.23. The smallest absolute Gasteiger partial charge is 0.354 e. The largest absolute Gasteiger partial charge is 0.477 e. The van der Waals surface area contributed by atoms with E-state index in [-0.39, 0.29) is 11.4 Å². The highest BCUT2D eigenvalue weighted by Gasteiger charge is 2.14. The summed E-state index contributed by atoms with van der Waals surface area (Å²) in [7, 11) is 0. The van der Waals surface area contributed by atoms with Gasteiger partial charge in [0.25, 0.3) is 0 Å². The van der Waals surface area contributed by atoms with Crippen molar-refractivity contribution in [2.75, 3.05) is 0 Å². The maximum atomic E-state index is 11.0. The highest BCUT2D eigenvalue weighted by atomic mass is 16.4. The van der Waals surface area contributed by atoms with Crippen LogP contribution in [-0.4, -0.2) is 32.1 Å². The minimum atomic E-state index is -1.02. The van der Waals surface area contributed by atoms with Crippen LogP contribution in [0.15, 0.2) is 36.4 Å². The van der Waals surface area contributed by atoms with Crippen molar-refractivity contribution in [1.29, 1.82) is 0 Å². The zero-order valence-electron chi connectivity index (χ0n) is 14.3. The van der Waals surface area contributed by atoms with Gasteiger partial charge in [0.05, 0.1) is 0 Å². The first-order chi connectivity index (χ1) is 11.8. The topological polar surface area (TPSA) is 100 Å². The van der Waals surface area contributed by atoms with Gasteiger partial charge in [-0.1, -0.05) is 26.0 Å². The molecule has 2 atom stereocenters. The molecule has 0 saturated carbocycles. The molecule has 0 bridgehead atoms. The lowest BCUT2D eigenvalue weighted by molar-refractivity contribution is 0.0679. The van der Waals surface area contributed by atoms with Gasteiger partial charge in [0.15, 0.2) is 0 Å². The summed E-state index contributed by atoms with van der Waals surface area (Å²) in [5, 5.41) is 18.0. The van der Waals surface area contributed by atoms with Gasteiger partial charge < -0.3 is 10.2 Å². The van der Waals surface area contributed by atoms with Crippen molar-refractivity contribution < 1.29 is 19.8 Å². The highest BCUT2D eigenvalue weighted by Crippen LogP contribution is 2.19. The second-order valence-electron chi connectivity index (χ2n) is 6.49. The number of nitrogens with zero attached hydrogens (tertiary/aromatic N) is 2. The van der Waals surface area contributed by atoms with Crippen molar-refractivity contribution in [3.8, 4) is 0 Å². The van der Waals surface area contributed by atoms with E-state index in [1.807, 2.05) is 12.1 Å². The van der Waals surface area contributed by atoms with Crippen LogP contribution in [0.5, 0.6) is 0 Å². The van der Waals surface area contributed by atoms with Gasteiger partial charge in [-0.25, -0.2) is 19.6 Å². The Morgan fingerprint density at radius 2 is 1.24 bits per heavy atom. The molecule has 2 aromatic rings. The first kappa shape index (κ1) is 18.6. The van der Waals surface area contributed by atoms with Gasteiger partial charge >= 0.3 is 11.9 Å². The zero-order valence-corrected chi connectivity index (χ0v) is 14.3. The standard InChI is InChI=1S/C19H22N2O4/c1-12(10-14-5-3-7-16(20-14)18(22)23)9-13(2)11-15-6-4-8-17(21-15)19(24)25/h3-8,12-13H,9-11H2,1-2H3,(H,22,23)(H,24,25). The molecular formula is C19H22N2O4. The Kier molecular flexibility index (Phi) is 6.22. The second kappa shape index (κ2) is 8.37. The highest BCUT2D eigenvalue weighted by molar-refractivity contribution is 5.85. The molecule has 0 amide bonds. The van der Waals surface area contributed by atoms with Crippen LogP contribution >= 0.6 is 0 Å². The number of hydrogen-bond acceptors (Lipinski definition) is 4. The molecule has 2 aromatic heterocycles. The summed E-state index contributed by atoms with van der Waals surface area (Å²) < 4.78 is 0. The third-order valence-electron chi connectivity index (χ3n) is 3.97. The van der Waals surface area contributed by atoms with Gasteiger partial charge in [0.2, 0.25) is 0 Å². The summed E-state index contributed by atoms with van der Waals surface area (Å²) in [5.41, 5.74) is 1.66. The quantitative estimate of drug-likeness (QED) is 0.763. The fourth-order valence-electron chi connectivity index (χ4n) is 2.99. The normalized spacial score (nSPS) is 13.2. The van der Waals surface area contributed by atoms with Gasteiger partial charge in [-0.15, -0.1) is 0 Å². The van der Waals surface area contributed by atoms with Crippen LogP contribution in [0.4, 0.5) is 0 Å². The maximum Gasteiger partial charge on any atom is 0.354 e. The van der Waals surface area contributed by atoms with Gasteiger partial charge in [-0.2, -0.15) is 0 Å². The van der Waals surface area contributed by atoms with Crippen LogP contribution in [0.1, 0.15) is 52.6 Å². The number of aromatic carboxylic acids is 2. The van der Waals surface area contributed by atoms with Crippen LogP contribution in [0, 0.1) is 11.8 Å². The molecule has 0 spiro atoms. The maximum absolute atomic E-state index is 11.0. The Labute approximate surface area is 146 Å². The molecule has 25 heavy (non-hydrogen) atoms. The molecule has 2 unspecified atom stereocenters. The van der Waals surface area contributed by atoms with Gasteiger partial charge in [0, 0.05) is 11.4 Å². The van der Waals surface area contributed by atoms with E-state index in [1.165, 1.54) is 12.1 Å². The predicted molar refractivity (Wildman–Crippen MR) is 92.7 cm³/mol. The molecule has 0 aliphatic heterocycles. The van der Waals surface area contributed by atoms with Crippen molar-refractivity contribution in [3.05, 3.63) is 59.2 Å². The Morgan fingerprint density at radius 1 is 0.840 bits per heavy atom. The minimum Gasteiger partial charge on any atom is -0.477 e. The Bertz CT molecular complexity index is 697. The first-order valence-corrected chi connectivity index (χ1v) is 8.23. The van der Waals surface area contributed by atoms with E-state index in [2.05, 4.69) is 23.8 Å². The van der Waals surface area contributed by atoms with Crippen molar-refractivity contribution in [3.63, 3.8) is 0 Å². The van der Waals surface area contributed by atoms with Crippen molar-refractivity contribution in [1.82, 2.24) is 9.97 Å². The van der Waals surface area contributed by atoms with Crippen LogP contribution in [0.2, 0.25) is 0 Å². The molecule has 0 radical (unpaired) electrons. The third-order valence-corrected chi connectivity index (χ3v) is 3.97. The molecule has 2 heterocycles. The molecule has 0 aliphatic rings. The van der Waals surface area contributed by atoms with E-state index >= 15 is 0 Å². The molecule has 0 fully saturated rings. The summed E-state index contributed by atoms with van der Waals surface area (Å²) in [6.45, 7) is 4.21. The van der Waals surface area contributed by atoms with Crippen LogP contribution in [-0.2, 0) is 12.8 Å². The van der Waals surface area contributed by atoms with Gasteiger partial charge in [-0.05, 0) is 55.4 Å². The van der Waals surface area contributed by atoms with E-state index in [0.29, 0.717) is 24.7 Å². The minimum absolute atomic E-state index is 0.0624. The number of hydrogen-bond donors (Lipinski definition) is 2. The molecule has 2 rings (SSSR count). The SMILES string of the molecule is CC(Cc1cccc(C(=O)O)n1)CC(C)Cc1cccc(C(=O)O)n1. The van der Waals surface area contributed by atoms with E-state index in [9.17, 15) is 9.59 Å². The van der Waals surface area contributed by atoms with Crippen LogP contribution in [0.3, 0.4) is 0 Å². The molecule has 6 heteroatoms. The lowest BCUT2D eigenvalue weighted by Gasteiger charge is -2.17. The van der Waals surface area contributed by atoms with Crippen molar-refractivity contribution in [2.45, 2.75) is 33.1 Å². The second-order valence-corrected chi connectivity index (χ2v) is 6.49. The van der Waals surface area contributed by atoms with Crippen molar-refractivity contribution >= 4 is 11.9 Å². The lowest BCUT2D eigenvalue weighted by Crippen LogP contribution is -2.12. The van der Waals surface area contributed by atoms with E-state index in [1.54, 1.807) is 12.1 Å². The van der Waals surface area contributed by atoms with E-state index < -0.39 is 11.9 Å². The predicted octanol–water partition coefficient (Wildman–Crippen LogP) is 3.32. The number of rotatable bonds is 8. The van der Waals surface area contributed by atoms with Crippen molar-refractivity contribution in [2.24, 2.45) is 11.8 Å². The van der Waals surface area contributed by atoms with E-state index in [4.69, 9.17) is 10.2 Å². The molecule has 0 saturated heterocycles. The number of carboxylic acid groups (broad SMARTS) is 2. The molecule has 6 nitrogen and oxygen atoms in total. The Morgan fingerprint density at radius 3 is 1.60 bits per heavy atom. The number of carbonyl (C=O) groups is 2. The van der Waals surface area contributed by atoms with Crippen LogP contribution in [0.25, 0.3) is 0 Å². The van der Waals surface area contributed by atoms with Crippen LogP contribution < -0.4 is 0 Å². The zero-order chi connectivity index (χ0) is 18.4. The molecule has 2 N–H and O–H groups in total. The fourth-order valence-corrected chi connectivity index (χ4v) is 2.99. The molecule has 132 valence electrons. The van der Waals surface area contributed by atoms with Gasteiger partial charge in [-0.3, -0.25) is 0 Å². The molecule has 0 aromatic carbocycles. The number of aromatic nitrogens is 2. The summed E-state index contributed by atoms with van der Waals surface area (Å²) >= 11 is 0. The third kappa shape index (κ3) is 5.67. The van der Waals surface area contributed by atoms with Gasteiger partial charge in [0.1, 0.15) is 11.4 Å². The molecule has 0 aliphatic carbocycles.